The van der Waals surface area contributed by atoms with Crippen LogP contribution in [0.5, 0.6) is 5.75 Å². The number of rotatable bonds is 13. The number of unbranched alkanes of at least 4 members (excludes halogenated alkanes) is 1. The van der Waals surface area contributed by atoms with E-state index >= 15 is 0 Å². The number of carbonyl (C=O) groups excluding carboxylic acids is 3. The lowest BCUT2D eigenvalue weighted by molar-refractivity contribution is -0.126. The van der Waals surface area contributed by atoms with Crippen LogP contribution in [0, 0.1) is 5.92 Å². The third-order valence-corrected chi connectivity index (χ3v) is 5.07. The number of amides is 2. The van der Waals surface area contributed by atoms with Gasteiger partial charge >= 0.3 is 6.09 Å². The van der Waals surface area contributed by atoms with Gasteiger partial charge in [-0.3, -0.25) is 4.79 Å². The molecule has 1 unspecified atom stereocenters. The highest BCUT2D eigenvalue weighted by atomic mass is 16.5. The number of ether oxygens (including phenoxy) is 2. The van der Waals surface area contributed by atoms with Crippen molar-refractivity contribution in [1.82, 2.24) is 10.6 Å². The van der Waals surface area contributed by atoms with E-state index in [1.54, 1.807) is 0 Å². The largest absolute Gasteiger partial charge is 0.494 e. The average Bonchev–Trinajstić information content (AvgIpc) is 2.82. The van der Waals surface area contributed by atoms with Gasteiger partial charge in [0.25, 0.3) is 0 Å². The van der Waals surface area contributed by atoms with Crippen LogP contribution in [-0.2, 0) is 27.4 Å². The third kappa shape index (κ3) is 9.35. The Morgan fingerprint density at radius 2 is 1.67 bits per heavy atom. The summed E-state index contributed by atoms with van der Waals surface area (Å²) in [5.74, 6) is 0.149. The molecule has 33 heavy (non-hydrogen) atoms. The molecule has 7 nitrogen and oxygen atoms in total. The first-order valence-electron chi connectivity index (χ1n) is 11.4. The quantitative estimate of drug-likeness (QED) is 0.352. The smallest absolute Gasteiger partial charge is 0.408 e. The standard InChI is InChI=1S/C26H34N2O5/c1-4-5-15-32-23-13-11-20(12-14-23)16-22(17-29)27-25(30)24(19(2)3)28-26(31)33-18-21-9-7-6-8-10-21/h6-14,17,19,22,24H,4-5,15-16,18H2,1-3H3,(H,27,30)(H,28,31)/t22?,24-/m0/s1. The lowest BCUT2D eigenvalue weighted by atomic mass is 10.0. The minimum absolute atomic E-state index is 0.105. The number of nitrogens with one attached hydrogen (secondary N) is 2. The van der Waals surface area contributed by atoms with Gasteiger partial charge in [0.1, 0.15) is 24.7 Å². The van der Waals surface area contributed by atoms with E-state index < -0.39 is 24.1 Å². The maximum atomic E-state index is 12.8. The first-order valence-corrected chi connectivity index (χ1v) is 11.4. The molecular formula is C26H34N2O5. The number of alkyl carbamates (subject to hydrolysis) is 1. The molecule has 2 atom stereocenters. The lowest BCUT2D eigenvalue weighted by Crippen LogP contribution is -2.52. The molecule has 0 spiro atoms. The van der Waals surface area contributed by atoms with Crippen LogP contribution >= 0.6 is 0 Å². The van der Waals surface area contributed by atoms with Gasteiger partial charge in [-0.05, 0) is 42.0 Å². The summed E-state index contributed by atoms with van der Waals surface area (Å²) in [5, 5.41) is 5.33. The molecule has 0 aliphatic rings. The molecule has 0 heterocycles. The van der Waals surface area contributed by atoms with Crippen LogP contribution in [0.15, 0.2) is 54.6 Å². The molecule has 2 N–H and O–H groups in total. The minimum atomic E-state index is -0.829. The fourth-order valence-electron chi connectivity index (χ4n) is 3.14. The van der Waals surface area contributed by atoms with E-state index in [0.717, 1.165) is 29.7 Å². The highest BCUT2D eigenvalue weighted by molar-refractivity contribution is 5.87. The molecule has 0 radical (unpaired) electrons. The Morgan fingerprint density at radius 1 is 0.970 bits per heavy atom. The van der Waals surface area contributed by atoms with E-state index in [4.69, 9.17) is 9.47 Å². The number of aldehydes is 1. The van der Waals surface area contributed by atoms with Crippen LogP contribution in [0.2, 0.25) is 0 Å². The lowest BCUT2D eigenvalue weighted by Gasteiger charge is -2.23. The van der Waals surface area contributed by atoms with Gasteiger partial charge in [0.05, 0.1) is 12.6 Å². The van der Waals surface area contributed by atoms with Crippen LogP contribution in [0.4, 0.5) is 4.79 Å². The van der Waals surface area contributed by atoms with Crippen molar-refractivity contribution in [3.63, 3.8) is 0 Å². The molecule has 0 saturated heterocycles. The molecule has 178 valence electrons. The maximum absolute atomic E-state index is 12.8. The maximum Gasteiger partial charge on any atom is 0.408 e. The number of hydrogen-bond acceptors (Lipinski definition) is 5. The van der Waals surface area contributed by atoms with E-state index in [1.807, 2.05) is 68.4 Å². The van der Waals surface area contributed by atoms with Crippen molar-refractivity contribution in [2.45, 2.75) is 58.7 Å². The molecule has 2 aromatic rings. The molecule has 2 aromatic carbocycles. The highest BCUT2D eigenvalue weighted by Crippen LogP contribution is 2.14. The first kappa shape index (κ1) is 25.9. The zero-order valence-corrected chi connectivity index (χ0v) is 19.6. The molecule has 7 heteroatoms. The van der Waals surface area contributed by atoms with Crippen molar-refractivity contribution in [2.75, 3.05) is 6.61 Å². The summed E-state index contributed by atoms with van der Waals surface area (Å²) < 4.78 is 10.9. The van der Waals surface area contributed by atoms with Gasteiger partial charge in [-0.15, -0.1) is 0 Å². The van der Waals surface area contributed by atoms with Crippen LogP contribution < -0.4 is 15.4 Å². The normalized spacial score (nSPS) is 12.5. The Labute approximate surface area is 195 Å². The Kier molecular flexibility index (Phi) is 10.9. The summed E-state index contributed by atoms with van der Waals surface area (Å²) in [4.78, 5) is 36.6. The van der Waals surface area contributed by atoms with Crippen LogP contribution in [0.25, 0.3) is 0 Å². The zero-order chi connectivity index (χ0) is 24.1. The summed E-state index contributed by atoms with van der Waals surface area (Å²) in [7, 11) is 0. The fraction of sp³-hybridized carbons (Fsp3) is 0.423. The van der Waals surface area contributed by atoms with Gasteiger partial charge in [-0.25, -0.2) is 4.79 Å². The summed E-state index contributed by atoms with van der Waals surface area (Å²) in [6.45, 7) is 6.51. The molecule has 0 aromatic heterocycles. The molecular weight excluding hydrogens is 420 g/mol. The van der Waals surface area contributed by atoms with E-state index in [0.29, 0.717) is 19.3 Å². The van der Waals surface area contributed by atoms with Gasteiger partial charge in [0.2, 0.25) is 5.91 Å². The molecule has 2 amide bonds. The SMILES string of the molecule is CCCCOc1ccc(CC(C=O)NC(=O)[C@@H](NC(=O)OCc2ccccc2)C(C)C)cc1. The van der Waals surface area contributed by atoms with Gasteiger partial charge in [-0.1, -0.05) is 69.7 Å². The molecule has 0 aliphatic carbocycles. The van der Waals surface area contributed by atoms with E-state index in [9.17, 15) is 14.4 Å². The monoisotopic (exact) mass is 454 g/mol. The van der Waals surface area contributed by atoms with Crippen molar-refractivity contribution < 1.29 is 23.9 Å². The van der Waals surface area contributed by atoms with E-state index in [-0.39, 0.29) is 12.5 Å². The van der Waals surface area contributed by atoms with Gasteiger partial charge < -0.3 is 24.9 Å². The van der Waals surface area contributed by atoms with Crippen molar-refractivity contribution in [3.05, 3.63) is 65.7 Å². The second-order valence-corrected chi connectivity index (χ2v) is 8.23. The molecule has 0 aliphatic heterocycles. The predicted octanol–water partition coefficient (Wildman–Crippen LogP) is 4.04. The van der Waals surface area contributed by atoms with E-state index in [2.05, 4.69) is 17.6 Å². The Hall–Kier alpha value is -3.35. The number of carbonyl (C=O) groups is 3. The Balaban J connectivity index is 1.88. The first-order chi connectivity index (χ1) is 15.9. The fourth-order valence-corrected chi connectivity index (χ4v) is 3.14. The number of benzene rings is 2. The Bertz CT molecular complexity index is 868. The topological polar surface area (TPSA) is 93.7 Å². The molecule has 0 bridgehead atoms. The predicted molar refractivity (Wildman–Crippen MR) is 127 cm³/mol. The van der Waals surface area contributed by atoms with Crippen LogP contribution in [0.1, 0.15) is 44.7 Å². The average molecular weight is 455 g/mol. The van der Waals surface area contributed by atoms with Crippen LogP contribution in [-0.4, -0.2) is 37.0 Å². The van der Waals surface area contributed by atoms with Crippen molar-refractivity contribution in [2.24, 2.45) is 5.92 Å². The summed E-state index contributed by atoms with van der Waals surface area (Å²) in [5.41, 5.74) is 1.74. The molecule has 2 rings (SSSR count). The number of hydrogen-bond donors (Lipinski definition) is 2. The highest BCUT2D eigenvalue weighted by Gasteiger charge is 2.26. The summed E-state index contributed by atoms with van der Waals surface area (Å²) >= 11 is 0. The summed E-state index contributed by atoms with van der Waals surface area (Å²) in [6.07, 6.45) is 2.42. The summed E-state index contributed by atoms with van der Waals surface area (Å²) in [6, 6.07) is 15.2. The van der Waals surface area contributed by atoms with E-state index in [1.165, 1.54) is 0 Å². The van der Waals surface area contributed by atoms with Crippen molar-refractivity contribution >= 4 is 18.3 Å². The van der Waals surface area contributed by atoms with Crippen molar-refractivity contribution in [1.29, 1.82) is 0 Å². The van der Waals surface area contributed by atoms with Gasteiger partial charge in [0, 0.05) is 0 Å². The van der Waals surface area contributed by atoms with Gasteiger partial charge in [-0.2, -0.15) is 0 Å². The second-order valence-electron chi connectivity index (χ2n) is 8.23. The minimum Gasteiger partial charge on any atom is -0.494 e. The van der Waals surface area contributed by atoms with Crippen molar-refractivity contribution in [3.8, 4) is 5.75 Å². The zero-order valence-electron chi connectivity index (χ0n) is 19.6. The molecule has 0 saturated carbocycles. The second kappa shape index (κ2) is 13.9. The Morgan fingerprint density at radius 3 is 2.27 bits per heavy atom. The molecule has 0 fully saturated rings. The van der Waals surface area contributed by atoms with Gasteiger partial charge in [0.15, 0.2) is 0 Å². The third-order valence-electron chi connectivity index (χ3n) is 5.07. The van der Waals surface area contributed by atoms with Crippen LogP contribution in [0.3, 0.4) is 0 Å².